The van der Waals surface area contributed by atoms with Gasteiger partial charge in [0.05, 0.1) is 5.69 Å². The summed E-state index contributed by atoms with van der Waals surface area (Å²) in [6.45, 7) is 1.93. The molecule has 3 aromatic rings. The van der Waals surface area contributed by atoms with E-state index in [9.17, 15) is 19.8 Å². The maximum Gasteiger partial charge on any atom is 0.341 e. The molecule has 0 radical (unpaired) electrons. The van der Waals surface area contributed by atoms with Crippen molar-refractivity contribution in [3.8, 4) is 16.9 Å². The number of aromatic hydroxyl groups is 1. The molecule has 0 aliphatic heterocycles. The average molecular weight is 335 g/mol. The zero-order chi connectivity index (χ0) is 18.0. The van der Waals surface area contributed by atoms with Crippen LogP contribution in [-0.4, -0.2) is 20.7 Å². The van der Waals surface area contributed by atoms with Crippen molar-refractivity contribution >= 4 is 5.97 Å². The molecule has 0 fully saturated rings. The van der Waals surface area contributed by atoms with E-state index in [1.165, 1.54) is 6.20 Å². The summed E-state index contributed by atoms with van der Waals surface area (Å²) in [6.07, 6.45) is 1.28. The summed E-state index contributed by atoms with van der Waals surface area (Å²) in [5.74, 6) is -1.89. The molecular weight excluding hydrogens is 318 g/mol. The van der Waals surface area contributed by atoms with Gasteiger partial charge >= 0.3 is 5.97 Å². The van der Waals surface area contributed by atoms with Crippen LogP contribution in [0.1, 0.15) is 21.6 Å². The number of nitrogens with zero attached hydrogens (tertiary/aromatic N) is 1. The minimum atomic E-state index is -1.36. The predicted octanol–water partition coefficient (Wildman–Crippen LogP) is 3.28. The van der Waals surface area contributed by atoms with Crippen LogP contribution in [0.3, 0.4) is 0 Å². The number of carbonyl (C=O) groups is 1. The molecule has 5 nitrogen and oxygen atoms in total. The van der Waals surface area contributed by atoms with E-state index in [1.54, 1.807) is 11.5 Å². The normalized spacial score (nSPS) is 10.6. The van der Waals surface area contributed by atoms with Crippen LogP contribution in [0.2, 0.25) is 0 Å². The van der Waals surface area contributed by atoms with E-state index in [-0.39, 0.29) is 0 Å². The molecule has 0 saturated carbocycles. The Bertz CT molecular complexity index is 990. The van der Waals surface area contributed by atoms with Crippen LogP contribution in [0.15, 0.2) is 65.6 Å². The molecule has 5 heteroatoms. The highest BCUT2D eigenvalue weighted by molar-refractivity contribution is 5.87. The number of aromatic carboxylic acids is 1. The summed E-state index contributed by atoms with van der Waals surface area (Å²) in [6, 6.07) is 17.6. The van der Waals surface area contributed by atoms with E-state index < -0.39 is 22.7 Å². The van der Waals surface area contributed by atoms with Crippen LogP contribution in [0, 0.1) is 6.92 Å². The first-order chi connectivity index (χ1) is 12.0. The molecule has 0 amide bonds. The summed E-state index contributed by atoms with van der Waals surface area (Å²) in [5, 5.41) is 19.2. The zero-order valence-electron chi connectivity index (χ0n) is 13.6. The second-order valence-electron chi connectivity index (χ2n) is 5.76. The molecular formula is C20H17NO4. The van der Waals surface area contributed by atoms with Gasteiger partial charge in [0.1, 0.15) is 5.56 Å². The summed E-state index contributed by atoms with van der Waals surface area (Å²) in [4.78, 5) is 23.1. The van der Waals surface area contributed by atoms with Crippen molar-refractivity contribution in [2.45, 2.75) is 13.5 Å². The number of hydrogen-bond donors (Lipinski definition) is 2. The smallest absolute Gasteiger partial charge is 0.341 e. The second-order valence-corrected chi connectivity index (χ2v) is 5.76. The Kier molecular flexibility index (Phi) is 4.39. The molecule has 0 spiro atoms. The molecule has 25 heavy (non-hydrogen) atoms. The van der Waals surface area contributed by atoms with Gasteiger partial charge in [-0.15, -0.1) is 0 Å². The molecule has 0 saturated heterocycles. The lowest BCUT2D eigenvalue weighted by Gasteiger charge is -2.16. The Labute approximate surface area is 144 Å². The topological polar surface area (TPSA) is 79.5 Å². The Morgan fingerprint density at radius 2 is 1.68 bits per heavy atom. The van der Waals surface area contributed by atoms with Gasteiger partial charge in [0, 0.05) is 12.7 Å². The maximum absolute atomic E-state index is 11.9. The van der Waals surface area contributed by atoms with E-state index >= 15 is 0 Å². The Morgan fingerprint density at radius 1 is 1.04 bits per heavy atom. The molecule has 3 rings (SSSR count). The largest absolute Gasteiger partial charge is 0.503 e. The highest BCUT2D eigenvalue weighted by Crippen LogP contribution is 2.25. The Hall–Kier alpha value is -3.34. The van der Waals surface area contributed by atoms with Gasteiger partial charge in [-0.05, 0) is 23.6 Å². The fourth-order valence-electron chi connectivity index (χ4n) is 2.80. The van der Waals surface area contributed by atoms with Crippen molar-refractivity contribution in [2.75, 3.05) is 0 Å². The van der Waals surface area contributed by atoms with E-state index in [0.717, 1.165) is 16.7 Å². The molecule has 0 aliphatic carbocycles. The summed E-state index contributed by atoms with van der Waals surface area (Å²) < 4.78 is 1.59. The van der Waals surface area contributed by atoms with Crippen LogP contribution in [0.25, 0.3) is 11.1 Å². The molecule has 0 aliphatic rings. The minimum absolute atomic E-state index is 0.331. The van der Waals surface area contributed by atoms with E-state index in [4.69, 9.17) is 0 Å². The molecule has 2 aromatic carbocycles. The summed E-state index contributed by atoms with van der Waals surface area (Å²) >= 11 is 0. The van der Waals surface area contributed by atoms with Gasteiger partial charge in [-0.25, -0.2) is 4.79 Å². The molecule has 1 aromatic heterocycles. The number of pyridine rings is 1. The van der Waals surface area contributed by atoms with Gasteiger partial charge in [0.15, 0.2) is 5.75 Å². The third-order valence-corrected chi connectivity index (χ3v) is 4.19. The third kappa shape index (κ3) is 3.17. The van der Waals surface area contributed by atoms with Crippen molar-refractivity contribution in [1.82, 2.24) is 4.57 Å². The lowest BCUT2D eigenvalue weighted by atomic mass is 9.99. The van der Waals surface area contributed by atoms with E-state index in [2.05, 4.69) is 0 Å². The maximum atomic E-state index is 11.9. The van der Waals surface area contributed by atoms with Crippen LogP contribution < -0.4 is 5.43 Å². The first-order valence-electron chi connectivity index (χ1n) is 7.78. The van der Waals surface area contributed by atoms with Gasteiger partial charge in [0.25, 0.3) is 0 Å². The average Bonchev–Trinajstić information content (AvgIpc) is 2.63. The van der Waals surface area contributed by atoms with Crippen LogP contribution in [0.5, 0.6) is 5.75 Å². The zero-order valence-corrected chi connectivity index (χ0v) is 13.6. The quantitative estimate of drug-likeness (QED) is 0.767. The summed E-state index contributed by atoms with van der Waals surface area (Å²) in [5.41, 5.74) is 2.03. The number of carboxylic acids is 1. The fourth-order valence-corrected chi connectivity index (χ4v) is 2.80. The van der Waals surface area contributed by atoms with Crippen molar-refractivity contribution in [3.05, 3.63) is 87.8 Å². The number of aromatic nitrogens is 1. The van der Waals surface area contributed by atoms with Crippen molar-refractivity contribution in [3.63, 3.8) is 0 Å². The molecule has 126 valence electrons. The summed E-state index contributed by atoms with van der Waals surface area (Å²) in [7, 11) is 0. The number of rotatable bonds is 4. The van der Waals surface area contributed by atoms with Crippen molar-refractivity contribution < 1.29 is 15.0 Å². The van der Waals surface area contributed by atoms with E-state index in [1.807, 2.05) is 54.6 Å². The third-order valence-electron chi connectivity index (χ3n) is 4.19. The van der Waals surface area contributed by atoms with Crippen LogP contribution >= 0.6 is 0 Å². The minimum Gasteiger partial charge on any atom is -0.503 e. The molecule has 2 N–H and O–H groups in total. The number of carboxylic acid groups (broad SMARTS) is 1. The lowest BCUT2D eigenvalue weighted by molar-refractivity contribution is 0.0693. The van der Waals surface area contributed by atoms with E-state index in [0.29, 0.717) is 12.2 Å². The van der Waals surface area contributed by atoms with Gasteiger partial charge in [-0.2, -0.15) is 0 Å². The highest BCUT2D eigenvalue weighted by Gasteiger charge is 2.17. The molecule has 1 heterocycles. The van der Waals surface area contributed by atoms with Crippen molar-refractivity contribution in [1.29, 1.82) is 0 Å². The van der Waals surface area contributed by atoms with Crippen LogP contribution in [-0.2, 0) is 6.54 Å². The standard InChI is InChI=1S/C20H17NO4/c1-13-18(22)19(23)17(20(24)25)12-21(13)11-15-9-5-6-10-16(15)14-7-3-2-4-8-14/h2-10,12,22H,11H2,1H3,(H,24,25). The molecule has 0 atom stereocenters. The van der Waals surface area contributed by atoms with Crippen molar-refractivity contribution in [2.24, 2.45) is 0 Å². The van der Waals surface area contributed by atoms with Crippen LogP contribution in [0.4, 0.5) is 0 Å². The number of hydrogen-bond acceptors (Lipinski definition) is 3. The van der Waals surface area contributed by atoms with Gasteiger partial charge < -0.3 is 14.8 Å². The Balaban J connectivity index is 2.11. The van der Waals surface area contributed by atoms with Gasteiger partial charge in [0.2, 0.25) is 5.43 Å². The lowest BCUT2D eigenvalue weighted by Crippen LogP contribution is -2.20. The number of benzene rings is 2. The molecule has 0 unspecified atom stereocenters. The Morgan fingerprint density at radius 3 is 2.36 bits per heavy atom. The first-order valence-corrected chi connectivity index (χ1v) is 7.78. The SMILES string of the molecule is Cc1c(O)c(=O)c(C(=O)O)cn1Cc1ccccc1-c1ccccc1. The highest BCUT2D eigenvalue weighted by atomic mass is 16.4. The second kappa shape index (κ2) is 6.65. The first kappa shape index (κ1) is 16.5. The van der Waals surface area contributed by atoms with Gasteiger partial charge in [-0.3, -0.25) is 4.79 Å². The monoisotopic (exact) mass is 335 g/mol. The van der Waals surface area contributed by atoms with Gasteiger partial charge in [-0.1, -0.05) is 54.6 Å². The predicted molar refractivity (Wildman–Crippen MR) is 95.0 cm³/mol. The molecule has 0 bridgehead atoms. The fraction of sp³-hybridized carbons (Fsp3) is 0.100.